The molecule has 1 aliphatic heterocycles. The van der Waals surface area contributed by atoms with Gasteiger partial charge in [-0.2, -0.15) is 12.7 Å². The van der Waals surface area contributed by atoms with Crippen molar-refractivity contribution in [2.24, 2.45) is 0 Å². The summed E-state index contributed by atoms with van der Waals surface area (Å²) in [7, 11) is -3.06. The van der Waals surface area contributed by atoms with E-state index in [2.05, 4.69) is 4.72 Å². The lowest BCUT2D eigenvalue weighted by Crippen LogP contribution is -2.42. The number of hydrogen-bond donors (Lipinski definition) is 1. The van der Waals surface area contributed by atoms with Crippen LogP contribution in [-0.2, 0) is 10.2 Å². The Morgan fingerprint density at radius 2 is 2.09 bits per heavy atom. The van der Waals surface area contributed by atoms with Gasteiger partial charge < -0.3 is 0 Å². The molecule has 0 aromatic rings. The van der Waals surface area contributed by atoms with Crippen molar-refractivity contribution in [1.82, 2.24) is 9.03 Å². The Balaban J connectivity index is 2.13. The Bertz CT molecular complexity index is 245. The average Bonchev–Trinajstić information content (AvgIpc) is 2.07. The van der Waals surface area contributed by atoms with E-state index in [1.807, 2.05) is 0 Å². The summed E-state index contributed by atoms with van der Waals surface area (Å²) in [5, 5.41) is 0. The van der Waals surface area contributed by atoms with E-state index in [-0.39, 0.29) is 0 Å². The third kappa shape index (κ3) is 1.17. The second kappa shape index (κ2) is 2.43. The van der Waals surface area contributed by atoms with Gasteiger partial charge in [-0.25, -0.2) is 4.72 Å². The van der Waals surface area contributed by atoms with E-state index in [0.717, 1.165) is 12.8 Å². The van der Waals surface area contributed by atoms with Crippen LogP contribution < -0.4 is 4.72 Å². The second-order valence-corrected chi connectivity index (χ2v) is 4.80. The van der Waals surface area contributed by atoms with Gasteiger partial charge in [0.2, 0.25) is 0 Å². The number of hydrogen-bond acceptors (Lipinski definition) is 2. The largest absolute Gasteiger partial charge is 0.279 e. The third-order valence-corrected chi connectivity index (χ3v) is 4.07. The van der Waals surface area contributed by atoms with Gasteiger partial charge in [0.25, 0.3) is 10.2 Å². The molecule has 4 nitrogen and oxygen atoms in total. The summed E-state index contributed by atoms with van der Waals surface area (Å²) in [6, 6.07) is 0.301. The van der Waals surface area contributed by atoms with E-state index in [1.165, 1.54) is 6.42 Å². The Labute approximate surface area is 66.8 Å². The summed E-state index contributed by atoms with van der Waals surface area (Å²) < 4.78 is 26.5. The minimum atomic E-state index is -3.06. The number of nitrogens with zero attached hydrogens (tertiary/aromatic N) is 1. The number of nitrogens with one attached hydrogen (secondary N) is 1. The van der Waals surface area contributed by atoms with E-state index in [1.54, 1.807) is 4.31 Å². The zero-order chi connectivity index (χ0) is 7.90. The van der Waals surface area contributed by atoms with Crippen molar-refractivity contribution < 1.29 is 8.42 Å². The van der Waals surface area contributed by atoms with E-state index in [4.69, 9.17) is 0 Å². The van der Waals surface area contributed by atoms with Gasteiger partial charge in [0.1, 0.15) is 0 Å². The summed E-state index contributed by atoms with van der Waals surface area (Å²) in [6.45, 7) is 1.24. The molecular weight excluding hydrogens is 164 g/mol. The Morgan fingerprint density at radius 3 is 2.45 bits per heavy atom. The highest BCUT2D eigenvalue weighted by molar-refractivity contribution is 7.87. The van der Waals surface area contributed by atoms with E-state index >= 15 is 0 Å². The summed E-state index contributed by atoms with van der Waals surface area (Å²) in [4.78, 5) is 0. The van der Waals surface area contributed by atoms with E-state index < -0.39 is 10.2 Å². The SMILES string of the molecule is O=S1(=O)NCCN1C1CCC1. The Hall–Kier alpha value is -0.130. The molecule has 0 atom stereocenters. The molecular formula is C6H12N2O2S. The molecule has 2 aliphatic rings. The molecule has 0 amide bonds. The Kier molecular flexibility index (Phi) is 1.66. The van der Waals surface area contributed by atoms with Crippen molar-refractivity contribution in [3.8, 4) is 0 Å². The van der Waals surface area contributed by atoms with Crippen molar-refractivity contribution >= 4 is 10.2 Å². The predicted molar refractivity (Wildman–Crippen MR) is 41.3 cm³/mol. The summed E-state index contributed by atoms with van der Waals surface area (Å²) in [5.74, 6) is 0. The molecule has 1 saturated carbocycles. The fourth-order valence-corrected chi connectivity index (χ4v) is 2.99. The van der Waals surface area contributed by atoms with Gasteiger partial charge >= 0.3 is 0 Å². The van der Waals surface area contributed by atoms with Gasteiger partial charge in [-0.3, -0.25) is 0 Å². The lowest BCUT2D eigenvalue weighted by atomic mass is 9.93. The van der Waals surface area contributed by atoms with Gasteiger partial charge in [-0.1, -0.05) is 6.42 Å². The van der Waals surface area contributed by atoms with Gasteiger partial charge in [0.15, 0.2) is 0 Å². The first-order valence-corrected chi connectivity index (χ1v) is 5.40. The highest BCUT2D eigenvalue weighted by Crippen LogP contribution is 2.27. The van der Waals surface area contributed by atoms with Crippen molar-refractivity contribution in [1.29, 1.82) is 0 Å². The first kappa shape index (κ1) is 7.52. The van der Waals surface area contributed by atoms with Crippen LogP contribution in [0.1, 0.15) is 19.3 Å². The maximum atomic E-state index is 11.2. The van der Waals surface area contributed by atoms with Gasteiger partial charge in [-0.05, 0) is 12.8 Å². The van der Waals surface area contributed by atoms with Crippen LogP contribution >= 0.6 is 0 Å². The molecule has 0 aromatic carbocycles. The smallest absolute Gasteiger partial charge is 0.201 e. The van der Waals surface area contributed by atoms with Crippen LogP contribution in [0.25, 0.3) is 0 Å². The summed E-state index contributed by atoms with van der Waals surface area (Å²) in [6.07, 6.45) is 3.26. The molecule has 0 spiro atoms. The van der Waals surface area contributed by atoms with Crippen LogP contribution in [0.2, 0.25) is 0 Å². The van der Waals surface area contributed by atoms with Gasteiger partial charge in [0, 0.05) is 19.1 Å². The highest BCUT2D eigenvalue weighted by atomic mass is 32.2. The van der Waals surface area contributed by atoms with Crippen LogP contribution in [0.5, 0.6) is 0 Å². The highest BCUT2D eigenvalue weighted by Gasteiger charge is 2.36. The summed E-state index contributed by atoms with van der Waals surface area (Å²) in [5.41, 5.74) is 0. The van der Waals surface area contributed by atoms with E-state index in [9.17, 15) is 8.42 Å². The lowest BCUT2D eigenvalue weighted by Gasteiger charge is -2.32. The standard InChI is InChI=1S/C6H12N2O2S/c9-11(10)7-4-5-8(11)6-2-1-3-6/h6-7H,1-5H2. The molecule has 0 bridgehead atoms. The first-order valence-electron chi connectivity index (χ1n) is 3.96. The fourth-order valence-electron chi connectivity index (χ4n) is 1.54. The van der Waals surface area contributed by atoms with Crippen LogP contribution in [0.3, 0.4) is 0 Å². The zero-order valence-corrected chi connectivity index (χ0v) is 7.10. The molecule has 0 unspecified atom stereocenters. The van der Waals surface area contributed by atoms with Crippen LogP contribution in [0.4, 0.5) is 0 Å². The second-order valence-electron chi connectivity index (χ2n) is 3.09. The first-order chi connectivity index (χ1) is 5.20. The molecule has 1 aliphatic carbocycles. The van der Waals surface area contributed by atoms with Gasteiger partial charge in [-0.15, -0.1) is 0 Å². The normalized spacial score (nSPS) is 32.0. The molecule has 1 saturated heterocycles. The van der Waals surface area contributed by atoms with E-state index in [0.29, 0.717) is 19.1 Å². The molecule has 11 heavy (non-hydrogen) atoms. The minimum absolute atomic E-state index is 0.301. The molecule has 5 heteroatoms. The molecule has 2 rings (SSSR count). The van der Waals surface area contributed by atoms with Crippen LogP contribution in [0.15, 0.2) is 0 Å². The minimum Gasteiger partial charge on any atom is -0.201 e. The molecule has 1 N–H and O–H groups in total. The van der Waals surface area contributed by atoms with Crippen molar-refractivity contribution in [3.05, 3.63) is 0 Å². The predicted octanol–water partition coefficient (Wildman–Crippen LogP) is -0.311. The maximum absolute atomic E-state index is 11.2. The topological polar surface area (TPSA) is 49.4 Å². The Morgan fingerprint density at radius 1 is 1.36 bits per heavy atom. The van der Waals surface area contributed by atoms with Crippen LogP contribution in [-0.4, -0.2) is 31.9 Å². The zero-order valence-electron chi connectivity index (χ0n) is 6.28. The van der Waals surface area contributed by atoms with Crippen molar-refractivity contribution in [2.45, 2.75) is 25.3 Å². The molecule has 0 radical (unpaired) electrons. The lowest BCUT2D eigenvalue weighted by molar-refractivity contribution is 0.235. The number of rotatable bonds is 1. The molecule has 2 fully saturated rings. The van der Waals surface area contributed by atoms with Gasteiger partial charge in [0.05, 0.1) is 0 Å². The monoisotopic (exact) mass is 176 g/mol. The maximum Gasteiger partial charge on any atom is 0.279 e. The molecule has 1 heterocycles. The molecule has 64 valence electrons. The van der Waals surface area contributed by atoms with Crippen LogP contribution in [0, 0.1) is 0 Å². The molecule has 0 aromatic heterocycles. The van der Waals surface area contributed by atoms with Crippen molar-refractivity contribution in [3.63, 3.8) is 0 Å². The summed E-state index contributed by atoms with van der Waals surface area (Å²) >= 11 is 0. The fraction of sp³-hybridized carbons (Fsp3) is 1.00. The third-order valence-electron chi connectivity index (χ3n) is 2.41. The van der Waals surface area contributed by atoms with Crippen molar-refractivity contribution in [2.75, 3.05) is 13.1 Å². The average molecular weight is 176 g/mol. The quantitative estimate of drug-likeness (QED) is 0.595.